The molecule has 1 atom stereocenters. The Morgan fingerprint density at radius 3 is 2.31 bits per heavy atom. The zero-order chi connectivity index (χ0) is 12.6. The standard InChI is InChI=1S/C11H24NO4/c1-12(2,8-10(15)9-14)11(16)6-4-3-5-7-13/h10,13-15H,3-9H2,1-2H3/q+1. The van der Waals surface area contributed by atoms with Gasteiger partial charge in [0, 0.05) is 6.61 Å². The number of carbonyl (C=O) groups is 1. The van der Waals surface area contributed by atoms with Crippen LogP contribution in [-0.2, 0) is 4.79 Å². The van der Waals surface area contributed by atoms with Crippen molar-refractivity contribution in [1.82, 2.24) is 0 Å². The molecule has 0 aliphatic heterocycles. The summed E-state index contributed by atoms with van der Waals surface area (Å²) in [6.07, 6.45) is 1.92. The van der Waals surface area contributed by atoms with E-state index in [2.05, 4.69) is 0 Å². The molecule has 0 aromatic heterocycles. The second-order valence-corrected chi connectivity index (χ2v) is 4.63. The largest absolute Gasteiger partial charge is 0.396 e. The summed E-state index contributed by atoms with van der Waals surface area (Å²) in [6.45, 7) is 0.0739. The van der Waals surface area contributed by atoms with Crippen LogP contribution in [0, 0.1) is 0 Å². The van der Waals surface area contributed by atoms with Crippen molar-refractivity contribution < 1.29 is 24.6 Å². The van der Waals surface area contributed by atoms with Crippen LogP contribution >= 0.6 is 0 Å². The summed E-state index contributed by atoms with van der Waals surface area (Å²) >= 11 is 0. The molecule has 0 bridgehead atoms. The van der Waals surface area contributed by atoms with Gasteiger partial charge in [-0.25, -0.2) is 4.79 Å². The highest BCUT2D eigenvalue weighted by atomic mass is 16.3. The van der Waals surface area contributed by atoms with Crippen molar-refractivity contribution >= 4 is 5.91 Å². The van der Waals surface area contributed by atoms with E-state index in [1.807, 2.05) is 0 Å². The highest BCUT2D eigenvalue weighted by molar-refractivity contribution is 5.68. The van der Waals surface area contributed by atoms with Gasteiger partial charge in [-0.15, -0.1) is 0 Å². The molecular formula is C11H24NO4+. The van der Waals surface area contributed by atoms with E-state index in [-0.39, 0.29) is 30.1 Å². The molecule has 0 saturated heterocycles. The molecular weight excluding hydrogens is 210 g/mol. The van der Waals surface area contributed by atoms with Crippen LogP contribution in [0.4, 0.5) is 0 Å². The first-order chi connectivity index (χ1) is 7.44. The first kappa shape index (κ1) is 15.5. The van der Waals surface area contributed by atoms with Crippen molar-refractivity contribution in [2.75, 3.05) is 33.9 Å². The van der Waals surface area contributed by atoms with E-state index in [9.17, 15) is 9.90 Å². The van der Waals surface area contributed by atoms with Gasteiger partial charge in [0.05, 0.1) is 27.1 Å². The van der Waals surface area contributed by atoms with E-state index in [1.54, 1.807) is 14.1 Å². The number of hydrogen-bond acceptors (Lipinski definition) is 4. The second kappa shape index (κ2) is 7.73. The molecule has 0 fully saturated rings. The summed E-state index contributed by atoms with van der Waals surface area (Å²) in [4.78, 5) is 11.8. The van der Waals surface area contributed by atoms with Gasteiger partial charge in [0.2, 0.25) is 0 Å². The quantitative estimate of drug-likeness (QED) is 0.391. The molecule has 0 radical (unpaired) electrons. The fourth-order valence-electron chi connectivity index (χ4n) is 1.55. The lowest BCUT2D eigenvalue weighted by Crippen LogP contribution is -2.50. The zero-order valence-corrected chi connectivity index (χ0v) is 10.2. The number of carbonyl (C=O) groups excluding carboxylic acids is 1. The van der Waals surface area contributed by atoms with E-state index < -0.39 is 6.10 Å². The maximum Gasteiger partial charge on any atom is 0.313 e. The average Bonchev–Trinajstić information content (AvgIpc) is 2.23. The van der Waals surface area contributed by atoms with Gasteiger partial charge < -0.3 is 15.3 Å². The maximum atomic E-state index is 11.8. The van der Waals surface area contributed by atoms with Gasteiger partial charge in [0.25, 0.3) is 0 Å². The molecule has 0 spiro atoms. The molecule has 0 saturated carbocycles. The van der Waals surface area contributed by atoms with E-state index in [1.165, 1.54) is 0 Å². The first-order valence-electron chi connectivity index (χ1n) is 5.70. The Labute approximate surface area is 96.9 Å². The molecule has 5 heteroatoms. The van der Waals surface area contributed by atoms with Gasteiger partial charge in [-0.2, -0.15) is 0 Å². The van der Waals surface area contributed by atoms with Gasteiger partial charge in [-0.1, -0.05) is 6.42 Å². The Hall–Kier alpha value is -0.490. The topological polar surface area (TPSA) is 77.8 Å². The number of aliphatic hydroxyl groups is 3. The molecule has 5 nitrogen and oxygen atoms in total. The van der Waals surface area contributed by atoms with Crippen molar-refractivity contribution in [3.8, 4) is 0 Å². The monoisotopic (exact) mass is 234 g/mol. The number of amides is 1. The molecule has 0 aromatic rings. The number of nitrogens with zero attached hydrogens (tertiary/aromatic N) is 1. The Balaban J connectivity index is 3.94. The average molecular weight is 234 g/mol. The first-order valence-corrected chi connectivity index (χ1v) is 5.70. The van der Waals surface area contributed by atoms with Crippen LogP contribution < -0.4 is 0 Å². The van der Waals surface area contributed by atoms with Gasteiger partial charge in [-0.05, 0) is 12.8 Å². The Bertz CT molecular complexity index is 206. The Morgan fingerprint density at radius 1 is 1.19 bits per heavy atom. The van der Waals surface area contributed by atoms with Crippen molar-refractivity contribution in [3.05, 3.63) is 0 Å². The van der Waals surface area contributed by atoms with E-state index in [0.717, 1.165) is 19.3 Å². The number of hydrogen-bond donors (Lipinski definition) is 3. The summed E-state index contributed by atoms with van der Waals surface area (Å²) in [6, 6.07) is 0. The van der Waals surface area contributed by atoms with Crippen LogP contribution in [0.15, 0.2) is 0 Å². The number of unbranched alkanes of at least 4 members (excludes halogenated alkanes) is 2. The van der Waals surface area contributed by atoms with Crippen LogP contribution in [0.2, 0.25) is 0 Å². The van der Waals surface area contributed by atoms with E-state index in [0.29, 0.717) is 6.42 Å². The Morgan fingerprint density at radius 2 is 1.81 bits per heavy atom. The molecule has 0 aromatic carbocycles. The third-order valence-corrected chi connectivity index (χ3v) is 2.60. The fourth-order valence-corrected chi connectivity index (χ4v) is 1.55. The van der Waals surface area contributed by atoms with Crippen LogP contribution in [0.3, 0.4) is 0 Å². The Kier molecular flexibility index (Phi) is 7.49. The van der Waals surface area contributed by atoms with Gasteiger partial charge in [0.15, 0.2) is 0 Å². The summed E-state index contributed by atoms with van der Waals surface area (Å²) in [5.74, 6) is 0.0467. The summed E-state index contributed by atoms with van der Waals surface area (Å²) in [7, 11) is 3.46. The molecule has 16 heavy (non-hydrogen) atoms. The number of quaternary nitrogens is 1. The molecule has 1 amide bonds. The predicted octanol–water partition coefficient (Wildman–Crippen LogP) is -0.505. The lowest BCUT2D eigenvalue weighted by atomic mass is 10.1. The molecule has 1 unspecified atom stereocenters. The van der Waals surface area contributed by atoms with Crippen LogP contribution in [0.5, 0.6) is 0 Å². The van der Waals surface area contributed by atoms with Crippen molar-refractivity contribution in [3.63, 3.8) is 0 Å². The van der Waals surface area contributed by atoms with Crippen molar-refractivity contribution in [2.45, 2.75) is 31.8 Å². The molecule has 0 heterocycles. The van der Waals surface area contributed by atoms with Crippen LogP contribution in [0.25, 0.3) is 0 Å². The second-order valence-electron chi connectivity index (χ2n) is 4.63. The van der Waals surface area contributed by atoms with E-state index >= 15 is 0 Å². The van der Waals surface area contributed by atoms with Gasteiger partial charge >= 0.3 is 5.91 Å². The maximum absolute atomic E-state index is 11.8. The van der Waals surface area contributed by atoms with Gasteiger partial charge in [0.1, 0.15) is 12.6 Å². The summed E-state index contributed by atoms with van der Waals surface area (Å²) < 4.78 is 0.0842. The number of rotatable bonds is 8. The molecule has 96 valence electrons. The van der Waals surface area contributed by atoms with Crippen molar-refractivity contribution in [2.24, 2.45) is 0 Å². The third-order valence-electron chi connectivity index (χ3n) is 2.60. The molecule has 0 rings (SSSR count). The minimum Gasteiger partial charge on any atom is -0.396 e. The predicted molar refractivity (Wildman–Crippen MR) is 60.6 cm³/mol. The minimum atomic E-state index is -0.851. The van der Waals surface area contributed by atoms with Gasteiger partial charge in [-0.3, -0.25) is 4.48 Å². The smallest absolute Gasteiger partial charge is 0.313 e. The van der Waals surface area contributed by atoms with Crippen LogP contribution in [-0.4, -0.2) is 65.7 Å². The highest BCUT2D eigenvalue weighted by Gasteiger charge is 2.28. The normalized spacial score (nSPS) is 13.8. The summed E-state index contributed by atoms with van der Waals surface area (Å²) in [5.41, 5.74) is 0. The SMILES string of the molecule is C[N+](C)(CC(O)CO)C(=O)CCCCCO. The highest BCUT2D eigenvalue weighted by Crippen LogP contribution is 2.08. The lowest BCUT2D eigenvalue weighted by molar-refractivity contribution is -0.818. The molecule has 3 N–H and O–H groups in total. The fraction of sp³-hybridized carbons (Fsp3) is 0.909. The minimum absolute atomic E-state index is 0.0467. The number of aliphatic hydroxyl groups excluding tert-OH is 3. The molecule has 0 aliphatic carbocycles. The zero-order valence-electron chi connectivity index (χ0n) is 10.2. The van der Waals surface area contributed by atoms with Crippen LogP contribution in [0.1, 0.15) is 25.7 Å². The number of likely N-dealkylation sites (N-methyl/N-ethyl adjacent to an activating group) is 1. The summed E-state index contributed by atoms with van der Waals surface area (Å²) in [5, 5.41) is 26.6. The third kappa shape index (κ3) is 6.17. The van der Waals surface area contributed by atoms with E-state index in [4.69, 9.17) is 10.2 Å². The van der Waals surface area contributed by atoms with Crippen molar-refractivity contribution in [1.29, 1.82) is 0 Å². The molecule has 0 aliphatic rings. The lowest BCUT2D eigenvalue weighted by Gasteiger charge is -2.28.